The molecule has 3 aromatic carbocycles. The zero-order valence-corrected chi connectivity index (χ0v) is 29.4. The number of nitrogens with one attached hydrogen (secondary N) is 1. The van der Waals surface area contributed by atoms with E-state index < -0.39 is 10.8 Å². The van der Waals surface area contributed by atoms with Gasteiger partial charge in [-0.3, -0.25) is 9.00 Å². The fourth-order valence-electron chi connectivity index (χ4n) is 5.76. The zero-order valence-electron chi connectivity index (χ0n) is 28.6. The molecule has 0 saturated carbocycles. The van der Waals surface area contributed by atoms with Gasteiger partial charge < -0.3 is 24.3 Å². The first-order chi connectivity index (χ1) is 23.3. The van der Waals surface area contributed by atoms with Crippen LogP contribution >= 0.6 is 0 Å². The molecule has 1 unspecified atom stereocenters. The largest absolute Gasteiger partial charge is 0.491 e. The van der Waals surface area contributed by atoms with E-state index >= 15 is 0 Å². The number of amides is 1. The van der Waals surface area contributed by atoms with Crippen LogP contribution in [-0.2, 0) is 32.6 Å². The predicted molar refractivity (Wildman–Crippen MR) is 196 cm³/mol. The Bertz CT molecular complexity index is 1700. The van der Waals surface area contributed by atoms with Crippen LogP contribution in [0.1, 0.15) is 58.3 Å². The lowest BCUT2D eigenvalue weighted by Gasteiger charge is -2.27. The average Bonchev–Trinajstić information content (AvgIpc) is 3.46. The number of fused-ring (bicyclic) bond motifs is 1. The first-order valence-corrected chi connectivity index (χ1v) is 18.4. The quantitative estimate of drug-likeness (QED) is 0.122. The number of carbonyl (C=O) groups excluding carboxylic acids is 1. The van der Waals surface area contributed by atoms with Crippen molar-refractivity contribution >= 4 is 34.2 Å². The van der Waals surface area contributed by atoms with Crippen LogP contribution < -0.4 is 15.0 Å². The maximum atomic E-state index is 13.6. The second kappa shape index (κ2) is 17.3. The molecule has 2 heterocycles. The Labute approximate surface area is 287 Å². The second-order valence-corrected chi connectivity index (χ2v) is 13.9. The van der Waals surface area contributed by atoms with Crippen molar-refractivity contribution in [1.82, 2.24) is 9.55 Å². The van der Waals surface area contributed by atoms with Crippen LogP contribution in [-0.4, -0.2) is 52.6 Å². The summed E-state index contributed by atoms with van der Waals surface area (Å²) < 4.78 is 26.5. The highest BCUT2D eigenvalue weighted by molar-refractivity contribution is 7.84. The molecule has 48 heavy (non-hydrogen) atoms. The number of imidazole rings is 1. The zero-order chi connectivity index (χ0) is 33.9. The summed E-state index contributed by atoms with van der Waals surface area (Å²) in [4.78, 5) is 21.1. The molecule has 254 valence electrons. The van der Waals surface area contributed by atoms with Crippen molar-refractivity contribution in [2.24, 2.45) is 5.92 Å². The van der Waals surface area contributed by atoms with Crippen LogP contribution in [0.4, 0.5) is 11.4 Å². The standard InChI is InChI=1S/C39H48N4O4S/c1-5-7-22-46-23-24-47-35-13-8-30(9-14-35)31-10-17-37-33(25-31)26-32(18-20-43(37)27-29(3)4)39(44)41-34-11-15-36(16-12-34)48(45)28-38-40-19-21-42(38)6-2/h8-17,19,21,25-26,29H,5-7,18,20,22-24,27-28H2,1-4H3,(H,41,44). The summed E-state index contributed by atoms with van der Waals surface area (Å²) in [5.41, 5.74) is 5.72. The van der Waals surface area contributed by atoms with Crippen molar-refractivity contribution in [2.45, 2.75) is 64.2 Å². The van der Waals surface area contributed by atoms with E-state index in [9.17, 15) is 9.00 Å². The minimum atomic E-state index is -1.23. The molecular formula is C39H48N4O4S. The van der Waals surface area contributed by atoms with Gasteiger partial charge >= 0.3 is 0 Å². The topological polar surface area (TPSA) is 85.7 Å². The van der Waals surface area contributed by atoms with Gasteiger partial charge in [0.1, 0.15) is 18.2 Å². The summed E-state index contributed by atoms with van der Waals surface area (Å²) in [6, 6.07) is 21.9. The van der Waals surface area contributed by atoms with Crippen LogP contribution in [0.25, 0.3) is 17.2 Å². The Kier molecular flexibility index (Phi) is 12.6. The number of aryl methyl sites for hydroxylation is 1. The summed E-state index contributed by atoms with van der Waals surface area (Å²) in [5.74, 6) is 2.31. The number of carbonyl (C=O) groups is 1. The molecule has 0 aliphatic carbocycles. The predicted octanol–water partition coefficient (Wildman–Crippen LogP) is 7.96. The van der Waals surface area contributed by atoms with Gasteiger partial charge in [0.15, 0.2) is 0 Å². The summed E-state index contributed by atoms with van der Waals surface area (Å²) in [7, 11) is -1.23. The maximum absolute atomic E-state index is 13.6. The van der Waals surface area contributed by atoms with Crippen LogP contribution in [0.2, 0.25) is 0 Å². The van der Waals surface area contributed by atoms with Gasteiger partial charge in [0, 0.05) is 60.5 Å². The smallest absolute Gasteiger partial charge is 0.251 e. The van der Waals surface area contributed by atoms with E-state index in [4.69, 9.17) is 9.47 Å². The van der Waals surface area contributed by atoms with Crippen LogP contribution in [0, 0.1) is 5.92 Å². The molecule has 9 heteroatoms. The van der Waals surface area contributed by atoms with Crippen molar-refractivity contribution in [3.63, 3.8) is 0 Å². The van der Waals surface area contributed by atoms with E-state index in [1.165, 1.54) is 0 Å². The number of hydrogen-bond acceptors (Lipinski definition) is 6. The van der Waals surface area contributed by atoms with E-state index in [1.54, 1.807) is 6.20 Å². The fraction of sp³-hybridized carbons (Fsp3) is 0.385. The van der Waals surface area contributed by atoms with E-state index in [1.807, 2.05) is 60.2 Å². The normalized spacial score (nSPS) is 13.5. The number of aromatic nitrogens is 2. The number of nitrogens with zero attached hydrogens (tertiary/aromatic N) is 3. The van der Waals surface area contributed by atoms with E-state index in [0.29, 0.717) is 41.9 Å². The molecule has 0 saturated heterocycles. The number of hydrogen-bond donors (Lipinski definition) is 1. The molecule has 4 aromatic rings. The molecule has 0 fully saturated rings. The molecule has 0 radical (unpaired) electrons. The van der Waals surface area contributed by atoms with Gasteiger partial charge in [-0.1, -0.05) is 45.4 Å². The highest BCUT2D eigenvalue weighted by Crippen LogP contribution is 2.34. The van der Waals surface area contributed by atoms with E-state index in [-0.39, 0.29) is 5.91 Å². The third kappa shape index (κ3) is 9.45. The first kappa shape index (κ1) is 35.1. The van der Waals surface area contributed by atoms with Crippen molar-refractivity contribution in [2.75, 3.05) is 43.1 Å². The molecule has 0 bridgehead atoms. The van der Waals surface area contributed by atoms with Gasteiger partial charge in [-0.25, -0.2) is 4.98 Å². The molecule has 1 atom stereocenters. The summed E-state index contributed by atoms with van der Waals surface area (Å²) >= 11 is 0. The molecule has 1 aliphatic heterocycles. The van der Waals surface area contributed by atoms with Crippen molar-refractivity contribution in [3.8, 4) is 16.9 Å². The summed E-state index contributed by atoms with van der Waals surface area (Å²) in [6.07, 6.45) is 8.48. The molecule has 8 nitrogen and oxygen atoms in total. The van der Waals surface area contributed by atoms with Gasteiger partial charge in [-0.05, 0) is 97.0 Å². The van der Waals surface area contributed by atoms with Crippen molar-refractivity contribution < 1.29 is 18.5 Å². The van der Waals surface area contributed by atoms with Crippen LogP contribution in [0.5, 0.6) is 5.75 Å². The van der Waals surface area contributed by atoms with E-state index in [2.05, 4.69) is 66.3 Å². The highest BCUT2D eigenvalue weighted by Gasteiger charge is 2.21. The van der Waals surface area contributed by atoms with Gasteiger partial charge in [0.25, 0.3) is 5.91 Å². The Balaban J connectivity index is 1.28. The Morgan fingerprint density at radius 1 is 0.979 bits per heavy atom. The Morgan fingerprint density at radius 2 is 1.75 bits per heavy atom. The molecule has 1 N–H and O–H groups in total. The lowest BCUT2D eigenvalue weighted by Crippen LogP contribution is -2.29. The Morgan fingerprint density at radius 3 is 2.48 bits per heavy atom. The minimum Gasteiger partial charge on any atom is -0.491 e. The van der Waals surface area contributed by atoms with Crippen LogP contribution in [0.3, 0.4) is 0 Å². The molecule has 0 spiro atoms. The van der Waals surface area contributed by atoms with Crippen molar-refractivity contribution in [1.29, 1.82) is 0 Å². The van der Waals surface area contributed by atoms with Gasteiger partial charge in [0.05, 0.1) is 23.2 Å². The van der Waals surface area contributed by atoms with Gasteiger partial charge in [-0.2, -0.15) is 0 Å². The maximum Gasteiger partial charge on any atom is 0.251 e. The third-order valence-electron chi connectivity index (χ3n) is 8.33. The second-order valence-electron chi connectivity index (χ2n) is 12.5. The first-order valence-electron chi connectivity index (χ1n) is 17.0. The third-order valence-corrected chi connectivity index (χ3v) is 9.65. The molecule has 1 aliphatic rings. The minimum absolute atomic E-state index is 0.128. The number of ether oxygens (including phenoxy) is 2. The number of anilines is 2. The molecular weight excluding hydrogens is 621 g/mol. The lowest BCUT2D eigenvalue weighted by atomic mass is 10.00. The summed E-state index contributed by atoms with van der Waals surface area (Å²) in [6.45, 7) is 12.9. The fourth-order valence-corrected chi connectivity index (χ4v) is 6.84. The van der Waals surface area contributed by atoms with Crippen molar-refractivity contribution in [3.05, 3.63) is 96.1 Å². The lowest BCUT2D eigenvalue weighted by molar-refractivity contribution is -0.112. The number of benzene rings is 3. The SMILES string of the molecule is CCCCOCCOc1ccc(-c2ccc3c(c2)C=C(C(=O)Nc2ccc(S(=O)Cc4nccn4CC)cc2)CCN3CC(C)C)cc1. The summed E-state index contributed by atoms with van der Waals surface area (Å²) in [5, 5.41) is 3.08. The highest BCUT2D eigenvalue weighted by atomic mass is 32.2. The number of rotatable bonds is 16. The Hall–Kier alpha value is -4.21. The van der Waals surface area contributed by atoms with Gasteiger partial charge in [0.2, 0.25) is 0 Å². The molecule has 5 rings (SSSR count). The molecule has 1 amide bonds. The van der Waals surface area contributed by atoms with E-state index in [0.717, 1.165) is 78.6 Å². The van der Waals surface area contributed by atoms with Gasteiger partial charge in [-0.15, -0.1) is 0 Å². The monoisotopic (exact) mass is 668 g/mol. The molecule has 1 aromatic heterocycles. The number of unbranched alkanes of at least 4 members (excludes halogenated alkanes) is 1. The average molecular weight is 669 g/mol. The van der Waals surface area contributed by atoms with Crippen LogP contribution in [0.15, 0.2) is 89.6 Å².